The van der Waals surface area contributed by atoms with Crippen molar-refractivity contribution in [2.45, 2.75) is 30.6 Å². The van der Waals surface area contributed by atoms with Crippen molar-refractivity contribution in [1.29, 1.82) is 0 Å². The summed E-state index contributed by atoms with van der Waals surface area (Å²) >= 11 is 0. The molecule has 0 bridgehead atoms. The molecule has 0 amide bonds. The van der Waals surface area contributed by atoms with Crippen LogP contribution in [0.2, 0.25) is 0 Å². The number of fused-ring (bicyclic) bond motifs is 1. The monoisotopic (exact) mass is 324 g/mol. The van der Waals surface area contributed by atoms with Crippen molar-refractivity contribution in [1.82, 2.24) is 9.62 Å². The molecule has 1 N–H and O–H groups in total. The van der Waals surface area contributed by atoms with E-state index in [1.807, 2.05) is 7.05 Å². The molecule has 2 heterocycles. The van der Waals surface area contributed by atoms with Gasteiger partial charge in [0.1, 0.15) is 5.75 Å². The third kappa shape index (κ3) is 3.14. The number of sulfonamides is 1. The van der Waals surface area contributed by atoms with Crippen molar-refractivity contribution in [3.8, 4) is 5.75 Å². The molecule has 0 saturated carbocycles. The van der Waals surface area contributed by atoms with Gasteiger partial charge in [-0.15, -0.1) is 0 Å². The predicted octanol–water partition coefficient (Wildman–Crippen LogP) is 1.63. The molecule has 1 aromatic carbocycles. The van der Waals surface area contributed by atoms with E-state index in [1.54, 1.807) is 22.5 Å². The molecule has 6 heteroatoms. The van der Waals surface area contributed by atoms with E-state index in [-0.39, 0.29) is 0 Å². The van der Waals surface area contributed by atoms with Crippen LogP contribution in [0.1, 0.15) is 24.8 Å². The summed E-state index contributed by atoms with van der Waals surface area (Å²) in [5.41, 5.74) is 1.01. The van der Waals surface area contributed by atoms with Crippen LogP contribution in [0.15, 0.2) is 23.1 Å². The Morgan fingerprint density at radius 1 is 1.32 bits per heavy atom. The zero-order chi connectivity index (χ0) is 15.6. The lowest BCUT2D eigenvalue weighted by Gasteiger charge is -2.31. The summed E-state index contributed by atoms with van der Waals surface area (Å²) in [4.78, 5) is 0.406. The van der Waals surface area contributed by atoms with E-state index in [4.69, 9.17) is 4.74 Å². The van der Waals surface area contributed by atoms with Crippen LogP contribution in [0.5, 0.6) is 5.75 Å². The largest absolute Gasteiger partial charge is 0.493 e. The SMILES string of the molecule is CNCC1CCN(S(=O)(=O)c2ccc3c(c2)CCCO3)CC1. The van der Waals surface area contributed by atoms with Crippen molar-refractivity contribution in [3.05, 3.63) is 23.8 Å². The first-order valence-electron chi connectivity index (χ1n) is 8.02. The number of piperidine rings is 1. The Morgan fingerprint density at radius 3 is 2.82 bits per heavy atom. The van der Waals surface area contributed by atoms with Crippen LogP contribution in [0.25, 0.3) is 0 Å². The zero-order valence-corrected chi connectivity index (χ0v) is 13.9. The molecule has 2 aliphatic rings. The molecule has 5 nitrogen and oxygen atoms in total. The lowest BCUT2D eigenvalue weighted by Crippen LogP contribution is -2.40. The molecule has 122 valence electrons. The van der Waals surface area contributed by atoms with Crippen LogP contribution < -0.4 is 10.1 Å². The Labute approximate surface area is 132 Å². The van der Waals surface area contributed by atoms with Gasteiger partial charge in [0.05, 0.1) is 11.5 Å². The van der Waals surface area contributed by atoms with Gasteiger partial charge >= 0.3 is 0 Å². The molecule has 0 atom stereocenters. The van der Waals surface area contributed by atoms with Crippen LogP contribution >= 0.6 is 0 Å². The maximum Gasteiger partial charge on any atom is 0.243 e. The Bertz CT molecular complexity index is 622. The first kappa shape index (κ1) is 15.8. The second-order valence-electron chi connectivity index (χ2n) is 6.13. The van der Waals surface area contributed by atoms with Gasteiger partial charge < -0.3 is 10.1 Å². The quantitative estimate of drug-likeness (QED) is 0.914. The highest BCUT2D eigenvalue weighted by Crippen LogP contribution is 2.30. The number of nitrogens with zero attached hydrogens (tertiary/aromatic N) is 1. The maximum atomic E-state index is 12.8. The van der Waals surface area contributed by atoms with Gasteiger partial charge in [0.25, 0.3) is 0 Å². The Kier molecular flexibility index (Phi) is 4.70. The first-order valence-corrected chi connectivity index (χ1v) is 9.46. The van der Waals surface area contributed by atoms with Gasteiger partial charge in [0, 0.05) is 13.1 Å². The summed E-state index contributed by atoms with van der Waals surface area (Å²) in [6.07, 6.45) is 3.69. The van der Waals surface area contributed by atoms with Gasteiger partial charge in [0.2, 0.25) is 10.0 Å². The average Bonchev–Trinajstić information content (AvgIpc) is 2.55. The van der Waals surface area contributed by atoms with Gasteiger partial charge in [-0.25, -0.2) is 8.42 Å². The van der Waals surface area contributed by atoms with Gasteiger partial charge in [-0.3, -0.25) is 0 Å². The summed E-state index contributed by atoms with van der Waals surface area (Å²) in [6.45, 7) is 2.91. The van der Waals surface area contributed by atoms with Crippen molar-refractivity contribution in [2.24, 2.45) is 5.92 Å². The Morgan fingerprint density at radius 2 is 2.09 bits per heavy atom. The van der Waals surface area contributed by atoms with Crippen LogP contribution in [-0.2, 0) is 16.4 Å². The number of benzene rings is 1. The third-order valence-corrected chi connectivity index (χ3v) is 6.48. The number of nitrogens with one attached hydrogen (secondary N) is 1. The van der Waals surface area contributed by atoms with E-state index in [0.717, 1.165) is 50.1 Å². The lowest BCUT2D eigenvalue weighted by atomic mass is 9.98. The fourth-order valence-electron chi connectivity index (χ4n) is 3.29. The topological polar surface area (TPSA) is 58.6 Å². The van der Waals surface area contributed by atoms with E-state index >= 15 is 0 Å². The van der Waals surface area contributed by atoms with Crippen LogP contribution in [-0.4, -0.2) is 46.0 Å². The van der Waals surface area contributed by atoms with Crippen LogP contribution in [0, 0.1) is 5.92 Å². The second kappa shape index (κ2) is 6.56. The van der Waals surface area contributed by atoms with E-state index in [2.05, 4.69) is 5.32 Å². The molecule has 0 unspecified atom stereocenters. The molecule has 1 fully saturated rings. The van der Waals surface area contributed by atoms with E-state index in [0.29, 0.717) is 23.9 Å². The van der Waals surface area contributed by atoms with E-state index in [1.165, 1.54) is 0 Å². The van der Waals surface area contributed by atoms with E-state index < -0.39 is 10.0 Å². The smallest absolute Gasteiger partial charge is 0.243 e. The number of aryl methyl sites for hydroxylation is 1. The Hall–Kier alpha value is -1.11. The zero-order valence-electron chi connectivity index (χ0n) is 13.0. The summed E-state index contributed by atoms with van der Waals surface area (Å²) in [7, 11) is -1.43. The second-order valence-corrected chi connectivity index (χ2v) is 8.06. The minimum absolute atomic E-state index is 0.406. The first-order chi connectivity index (χ1) is 10.6. The number of hydrogen-bond donors (Lipinski definition) is 1. The highest BCUT2D eigenvalue weighted by Gasteiger charge is 2.29. The molecular weight excluding hydrogens is 300 g/mol. The van der Waals surface area contributed by atoms with Gasteiger partial charge in [-0.2, -0.15) is 4.31 Å². The molecular formula is C16H24N2O3S. The number of hydrogen-bond acceptors (Lipinski definition) is 4. The molecule has 0 spiro atoms. The third-order valence-electron chi connectivity index (χ3n) is 4.58. The summed E-state index contributed by atoms with van der Waals surface area (Å²) in [6, 6.07) is 5.28. The fraction of sp³-hybridized carbons (Fsp3) is 0.625. The van der Waals surface area contributed by atoms with Crippen molar-refractivity contribution in [2.75, 3.05) is 33.3 Å². The molecule has 0 radical (unpaired) electrons. The summed E-state index contributed by atoms with van der Waals surface area (Å²) in [5.74, 6) is 1.41. The lowest BCUT2D eigenvalue weighted by molar-refractivity contribution is 0.270. The van der Waals surface area contributed by atoms with E-state index in [9.17, 15) is 8.42 Å². The molecule has 0 aliphatic carbocycles. The molecule has 1 aromatic rings. The summed E-state index contributed by atoms with van der Waals surface area (Å²) < 4.78 is 32.8. The van der Waals surface area contributed by atoms with Gasteiger partial charge in [-0.05, 0) is 69.0 Å². The molecule has 3 rings (SSSR count). The van der Waals surface area contributed by atoms with Gasteiger partial charge in [-0.1, -0.05) is 0 Å². The normalized spacial score (nSPS) is 20.4. The van der Waals surface area contributed by atoms with Crippen LogP contribution in [0.4, 0.5) is 0 Å². The number of ether oxygens (including phenoxy) is 1. The average molecular weight is 324 g/mol. The molecule has 0 aromatic heterocycles. The molecule has 2 aliphatic heterocycles. The predicted molar refractivity (Wildman–Crippen MR) is 85.7 cm³/mol. The van der Waals surface area contributed by atoms with Crippen molar-refractivity contribution >= 4 is 10.0 Å². The van der Waals surface area contributed by atoms with Gasteiger partial charge in [0.15, 0.2) is 0 Å². The molecule has 1 saturated heterocycles. The minimum atomic E-state index is -3.38. The van der Waals surface area contributed by atoms with Crippen LogP contribution in [0.3, 0.4) is 0 Å². The molecule has 22 heavy (non-hydrogen) atoms. The van der Waals surface area contributed by atoms with Crippen molar-refractivity contribution in [3.63, 3.8) is 0 Å². The Balaban J connectivity index is 1.76. The minimum Gasteiger partial charge on any atom is -0.493 e. The maximum absolute atomic E-state index is 12.8. The highest BCUT2D eigenvalue weighted by molar-refractivity contribution is 7.89. The fourth-order valence-corrected chi connectivity index (χ4v) is 4.81. The highest BCUT2D eigenvalue weighted by atomic mass is 32.2. The number of rotatable bonds is 4. The van der Waals surface area contributed by atoms with Crippen molar-refractivity contribution < 1.29 is 13.2 Å². The standard InChI is InChI=1S/C16H24N2O3S/c1-17-12-13-6-8-18(9-7-13)22(19,20)15-4-5-16-14(11-15)3-2-10-21-16/h4-5,11,13,17H,2-3,6-10,12H2,1H3. The summed E-state index contributed by atoms with van der Waals surface area (Å²) in [5, 5.41) is 3.17.